The van der Waals surface area contributed by atoms with Gasteiger partial charge in [-0.25, -0.2) is 0 Å². The lowest BCUT2D eigenvalue weighted by Crippen LogP contribution is -2.64. The highest BCUT2D eigenvalue weighted by atomic mass is 16.2. The summed E-state index contributed by atoms with van der Waals surface area (Å²) in [6.07, 6.45) is 4.15. The van der Waals surface area contributed by atoms with Crippen LogP contribution in [0.25, 0.3) is 0 Å². The molecular weight excluding hydrogens is 266 g/mol. The average molecular weight is 289 g/mol. The van der Waals surface area contributed by atoms with Crippen LogP contribution in [-0.2, 0) is 16.1 Å². The minimum Gasteiger partial charge on any atom is -0.342 e. The smallest absolute Gasteiger partial charge is 0.246 e. The van der Waals surface area contributed by atoms with Gasteiger partial charge in [-0.05, 0) is 30.4 Å². The molecule has 1 N–H and O–H groups in total. The molecule has 1 aromatic rings. The van der Waals surface area contributed by atoms with Crippen LogP contribution < -0.4 is 5.32 Å². The third-order valence-electron chi connectivity index (χ3n) is 3.86. The molecule has 1 saturated heterocycles. The van der Waals surface area contributed by atoms with E-state index in [0.29, 0.717) is 13.0 Å². The van der Waals surface area contributed by atoms with Crippen molar-refractivity contribution in [1.82, 2.24) is 15.2 Å². The maximum absolute atomic E-state index is 12.7. The van der Waals surface area contributed by atoms with E-state index in [0.717, 1.165) is 11.1 Å². The van der Waals surface area contributed by atoms with E-state index in [4.69, 9.17) is 0 Å². The summed E-state index contributed by atoms with van der Waals surface area (Å²) in [5, 5.41) is 2.85. The number of pyridine rings is 1. The van der Waals surface area contributed by atoms with Crippen LogP contribution in [0, 0.1) is 12.8 Å². The molecule has 0 radical (unpaired) electrons. The van der Waals surface area contributed by atoms with Gasteiger partial charge in [0.15, 0.2) is 0 Å². The van der Waals surface area contributed by atoms with Gasteiger partial charge in [0.1, 0.15) is 12.1 Å². The lowest BCUT2D eigenvalue weighted by molar-refractivity contribution is -0.151. The highest BCUT2D eigenvalue weighted by Gasteiger charge is 2.40. The normalized spacial score (nSPS) is 22.6. The molecular formula is C16H23N3O2. The summed E-state index contributed by atoms with van der Waals surface area (Å²) in [7, 11) is 0. The van der Waals surface area contributed by atoms with Gasteiger partial charge >= 0.3 is 0 Å². The highest BCUT2D eigenvalue weighted by molar-refractivity contribution is 5.97. The molecule has 0 aliphatic carbocycles. The van der Waals surface area contributed by atoms with Crippen molar-refractivity contribution in [3.05, 3.63) is 29.6 Å². The topological polar surface area (TPSA) is 62.3 Å². The Morgan fingerprint density at radius 3 is 2.62 bits per heavy atom. The van der Waals surface area contributed by atoms with Crippen molar-refractivity contribution in [3.63, 3.8) is 0 Å². The summed E-state index contributed by atoms with van der Waals surface area (Å²) in [6.45, 7) is 8.22. The van der Waals surface area contributed by atoms with Gasteiger partial charge in [0.05, 0.1) is 0 Å². The van der Waals surface area contributed by atoms with Crippen LogP contribution in [0.15, 0.2) is 18.5 Å². The molecule has 0 bridgehead atoms. The molecule has 5 nitrogen and oxygen atoms in total. The molecule has 2 rings (SSSR count). The number of nitrogens with one attached hydrogen (secondary N) is 1. The Bertz CT molecular complexity index is 542. The van der Waals surface area contributed by atoms with Crippen LogP contribution in [0.3, 0.4) is 0 Å². The lowest BCUT2D eigenvalue weighted by Gasteiger charge is -2.40. The van der Waals surface area contributed by atoms with Gasteiger partial charge in [-0.15, -0.1) is 0 Å². The second kappa shape index (κ2) is 6.24. The molecule has 1 aliphatic heterocycles. The van der Waals surface area contributed by atoms with Gasteiger partial charge in [-0.3, -0.25) is 14.6 Å². The molecule has 1 aromatic heterocycles. The van der Waals surface area contributed by atoms with E-state index in [-0.39, 0.29) is 17.7 Å². The first kappa shape index (κ1) is 15.5. The van der Waals surface area contributed by atoms with Gasteiger partial charge in [0.25, 0.3) is 0 Å². The van der Waals surface area contributed by atoms with Crippen LogP contribution in [-0.4, -0.2) is 33.8 Å². The molecule has 0 saturated carbocycles. The van der Waals surface area contributed by atoms with Gasteiger partial charge in [0.2, 0.25) is 11.8 Å². The molecule has 114 valence electrons. The number of amides is 2. The van der Waals surface area contributed by atoms with Crippen molar-refractivity contribution in [2.24, 2.45) is 5.92 Å². The van der Waals surface area contributed by atoms with Crippen molar-refractivity contribution in [2.45, 2.75) is 52.7 Å². The Hall–Kier alpha value is -1.91. The number of nitrogens with zero attached hydrogens (tertiary/aromatic N) is 2. The van der Waals surface area contributed by atoms with Crippen LogP contribution in [0.2, 0.25) is 0 Å². The Kier molecular flexibility index (Phi) is 4.60. The Morgan fingerprint density at radius 1 is 1.33 bits per heavy atom. The zero-order chi connectivity index (χ0) is 15.6. The van der Waals surface area contributed by atoms with E-state index < -0.39 is 12.1 Å². The SMILES string of the molecule is CCC1C(=O)NC(C(C)C)C(=O)N1Cc1cncc(C)c1. The molecule has 2 amide bonds. The molecule has 1 aliphatic rings. The van der Waals surface area contributed by atoms with Crippen molar-refractivity contribution in [1.29, 1.82) is 0 Å². The van der Waals surface area contributed by atoms with Gasteiger partial charge in [0, 0.05) is 18.9 Å². The standard InChI is InChI=1S/C16H23N3O2/c1-5-13-15(20)18-14(10(2)3)16(21)19(13)9-12-6-11(4)7-17-8-12/h6-8,10,13-14H,5,9H2,1-4H3,(H,18,20). The second-order valence-corrected chi connectivity index (χ2v) is 5.99. The summed E-state index contributed by atoms with van der Waals surface area (Å²) >= 11 is 0. The Balaban J connectivity index is 2.27. The van der Waals surface area contributed by atoms with Gasteiger partial charge in [-0.2, -0.15) is 0 Å². The molecule has 0 aromatic carbocycles. The van der Waals surface area contributed by atoms with Crippen LogP contribution >= 0.6 is 0 Å². The van der Waals surface area contributed by atoms with Crippen LogP contribution in [0.4, 0.5) is 0 Å². The van der Waals surface area contributed by atoms with E-state index in [2.05, 4.69) is 10.3 Å². The van der Waals surface area contributed by atoms with Crippen molar-refractivity contribution in [2.75, 3.05) is 0 Å². The third-order valence-corrected chi connectivity index (χ3v) is 3.86. The number of aryl methyl sites for hydroxylation is 1. The van der Waals surface area contributed by atoms with E-state index in [1.54, 1.807) is 17.3 Å². The number of hydrogen-bond donors (Lipinski definition) is 1. The monoisotopic (exact) mass is 289 g/mol. The predicted octanol–water partition coefficient (Wildman–Crippen LogP) is 1.65. The number of hydrogen-bond acceptors (Lipinski definition) is 3. The fourth-order valence-electron chi connectivity index (χ4n) is 2.73. The maximum atomic E-state index is 12.7. The van der Waals surface area contributed by atoms with E-state index >= 15 is 0 Å². The summed E-state index contributed by atoms with van der Waals surface area (Å²) in [5.41, 5.74) is 2.01. The first-order valence-electron chi connectivity index (χ1n) is 7.45. The zero-order valence-electron chi connectivity index (χ0n) is 13.1. The summed E-state index contributed by atoms with van der Waals surface area (Å²) in [4.78, 5) is 30.7. The molecule has 21 heavy (non-hydrogen) atoms. The first-order valence-corrected chi connectivity index (χ1v) is 7.45. The fraction of sp³-hybridized carbons (Fsp3) is 0.562. The van der Waals surface area contributed by atoms with Gasteiger partial charge < -0.3 is 10.2 Å². The molecule has 2 unspecified atom stereocenters. The highest BCUT2D eigenvalue weighted by Crippen LogP contribution is 2.20. The summed E-state index contributed by atoms with van der Waals surface area (Å²) < 4.78 is 0. The van der Waals surface area contributed by atoms with Crippen molar-refractivity contribution < 1.29 is 9.59 Å². The molecule has 5 heteroatoms. The molecule has 0 spiro atoms. The van der Waals surface area contributed by atoms with Crippen molar-refractivity contribution in [3.8, 4) is 0 Å². The van der Waals surface area contributed by atoms with Gasteiger partial charge in [-0.1, -0.05) is 26.8 Å². The number of piperazine rings is 1. The van der Waals surface area contributed by atoms with Crippen LogP contribution in [0.5, 0.6) is 0 Å². The Morgan fingerprint density at radius 2 is 2.05 bits per heavy atom. The lowest BCUT2D eigenvalue weighted by atomic mass is 9.96. The minimum absolute atomic E-state index is 0.00189. The zero-order valence-corrected chi connectivity index (χ0v) is 13.1. The second-order valence-electron chi connectivity index (χ2n) is 5.99. The summed E-state index contributed by atoms with van der Waals surface area (Å²) in [5.74, 6) is 0.0201. The minimum atomic E-state index is -0.432. The molecule has 1 fully saturated rings. The molecule has 2 atom stereocenters. The largest absolute Gasteiger partial charge is 0.342 e. The van der Waals surface area contributed by atoms with E-state index in [1.165, 1.54) is 0 Å². The predicted molar refractivity (Wildman–Crippen MR) is 80.4 cm³/mol. The van der Waals surface area contributed by atoms with E-state index in [1.807, 2.05) is 33.8 Å². The Labute approximate surface area is 125 Å². The maximum Gasteiger partial charge on any atom is 0.246 e. The number of carbonyl (C=O) groups excluding carboxylic acids is 2. The van der Waals surface area contributed by atoms with E-state index in [9.17, 15) is 9.59 Å². The number of rotatable bonds is 4. The summed E-state index contributed by atoms with van der Waals surface area (Å²) in [6, 6.07) is 1.18. The quantitative estimate of drug-likeness (QED) is 0.917. The first-order chi connectivity index (χ1) is 9.93. The number of carbonyl (C=O) groups is 2. The van der Waals surface area contributed by atoms with Crippen molar-refractivity contribution >= 4 is 11.8 Å². The third kappa shape index (κ3) is 3.23. The number of aromatic nitrogens is 1. The molecule has 2 heterocycles. The fourth-order valence-corrected chi connectivity index (χ4v) is 2.73. The average Bonchev–Trinajstić information content (AvgIpc) is 2.42. The van der Waals surface area contributed by atoms with Crippen LogP contribution in [0.1, 0.15) is 38.3 Å².